The summed E-state index contributed by atoms with van der Waals surface area (Å²) in [5, 5.41) is 12.7. The van der Waals surface area contributed by atoms with Crippen LogP contribution in [0.3, 0.4) is 0 Å². The monoisotopic (exact) mass is 291 g/mol. The Morgan fingerprint density at radius 3 is 2.90 bits per heavy atom. The fourth-order valence-electron chi connectivity index (χ4n) is 2.71. The number of aliphatic hydroxyl groups excluding tert-OH is 1. The molecule has 1 aromatic rings. The predicted octanol–water partition coefficient (Wildman–Crippen LogP) is 1.61. The average molecular weight is 291 g/mol. The van der Waals surface area contributed by atoms with Gasteiger partial charge in [-0.1, -0.05) is 13.0 Å². The molecule has 0 aromatic heterocycles. The molecule has 0 saturated carbocycles. The van der Waals surface area contributed by atoms with E-state index in [0.717, 1.165) is 30.8 Å². The highest BCUT2D eigenvalue weighted by Gasteiger charge is 2.30. The van der Waals surface area contributed by atoms with E-state index in [1.165, 1.54) is 0 Å². The zero-order valence-corrected chi connectivity index (χ0v) is 13.0. The van der Waals surface area contributed by atoms with Crippen LogP contribution in [0.1, 0.15) is 25.8 Å². The Labute approximate surface area is 126 Å². The average Bonchev–Trinajstić information content (AvgIpc) is 2.46. The summed E-state index contributed by atoms with van der Waals surface area (Å²) in [5.74, 6) is 0.162. The van der Waals surface area contributed by atoms with Gasteiger partial charge in [0.1, 0.15) is 0 Å². The molecular weight excluding hydrogens is 266 g/mol. The number of likely N-dealkylation sites (tertiary alicyclic amines) is 1. The number of aliphatic hydroxyl groups is 1. The van der Waals surface area contributed by atoms with Crippen LogP contribution in [0.5, 0.6) is 0 Å². The number of nitrogen functional groups attached to an aromatic ring is 1. The van der Waals surface area contributed by atoms with Crippen molar-refractivity contribution < 1.29 is 9.90 Å². The molecular formula is C16H25N3O2. The SMILES string of the molecule is Cc1c(N)cccc1NC(=O)C(C)N1CCC(O)C(C)C1. The summed E-state index contributed by atoms with van der Waals surface area (Å²) in [6.45, 7) is 7.31. The number of anilines is 2. The lowest BCUT2D eigenvalue weighted by molar-refractivity contribution is -0.122. The van der Waals surface area contributed by atoms with Gasteiger partial charge in [0.05, 0.1) is 12.1 Å². The quantitative estimate of drug-likeness (QED) is 0.739. The molecule has 0 spiro atoms. The van der Waals surface area contributed by atoms with Crippen molar-refractivity contribution in [3.63, 3.8) is 0 Å². The molecule has 0 radical (unpaired) electrons. The molecule has 1 aliphatic heterocycles. The Hall–Kier alpha value is -1.59. The molecule has 4 N–H and O–H groups in total. The van der Waals surface area contributed by atoms with Crippen molar-refractivity contribution in [2.24, 2.45) is 5.92 Å². The maximum absolute atomic E-state index is 12.4. The third kappa shape index (κ3) is 3.54. The Morgan fingerprint density at radius 2 is 2.24 bits per heavy atom. The van der Waals surface area contributed by atoms with E-state index in [4.69, 9.17) is 5.73 Å². The number of benzene rings is 1. The maximum Gasteiger partial charge on any atom is 0.241 e. The van der Waals surface area contributed by atoms with Crippen molar-refractivity contribution >= 4 is 17.3 Å². The first-order valence-electron chi connectivity index (χ1n) is 7.48. The third-order valence-corrected chi connectivity index (χ3v) is 4.45. The molecule has 1 heterocycles. The molecule has 3 atom stereocenters. The molecule has 5 heteroatoms. The molecule has 5 nitrogen and oxygen atoms in total. The maximum atomic E-state index is 12.4. The van der Waals surface area contributed by atoms with E-state index in [1.54, 1.807) is 0 Å². The number of nitrogens with zero attached hydrogens (tertiary/aromatic N) is 1. The van der Waals surface area contributed by atoms with Gasteiger partial charge in [0.15, 0.2) is 0 Å². The lowest BCUT2D eigenvalue weighted by Crippen LogP contribution is -2.50. The first kappa shape index (κ1) is 15.8. The number of hydrogen-bond donors (Lipinski definition) is 3. The van der Waals surface area contributed by atoms with Crippen molar-refractivity contribution in [1.29, 1.82) is 0 Å². The van der Waals surface area contributed by atoms with E-state index >= 15 is 0 Å². The Bertz CT molecular complexity index is 518. The van der Waals surface area contributed by atoms with E-state index in [-0.39, 0.29) is 24.0 Å². The zero-order valence-electron chi connectivity index (χ0n) is 13.0. The standard InChI is InChI=1S/C16H25N3O2/c1-10-9-19(8-7-15(10)20)12(3)16(21)18-14-6-4-5-13(17)11(14)2/h4-6,10,12,15,20H,7-9,17H2,1-3H3,(H,18,21). The van der Waals surface area contributed by atoms with Crippen LogP contribution in [0.2, 0.25) is 0 Å². The van der Waals surface area contributed by atoms with Crippen LogP contribution < -0.4 is 11.1 Å². The molecule has 0 aliphatic carbocycles. The summed E-state index contributed by atoms with van der Waals surface area (Å²) in [4.78, 5) is 14.5. The lowest BCUT2D eigenvalue weighted by atomic mass is 9.95. The van der Waals surface area contributed by atoms with Crippen LogP contribution >= 0.6 is 0 Å². The van der Waals surface area contributed by atoms with Gasteiger partial charge in [-0.15, -0.1) is 0 Å². The molecule has 1 aliphatic rings. The second-order valence-corrected chi connectivity index (χ2v) is 6.01. The van der Waals surface area contributed by atoms with Gasteiger partial charge < -0.3 is 16.2 Å². The number of amides is 1. The minimum absolute atomic E-state index is 0.0349. The second-order valence-electron chi connectivity index (χ2n) is 6.01. The first-order chi connectivity index (χ1) is 9.90. The van der Waals surface area contributed by atoms with Gasteiger partial charge in [0.2, 0.25) is 5.91 Å². The number of carbonyl (C=O) groups is 1. The fraction of sp³-hybridized carbons (Fsp3) is 0.562. The van der Waals surface area contributed by atoms with Crippen molar-refractivity contribution in [3.05, 3.63) is 23.8 Å². The topological polar surface area (TPSA) is 78.6 Å². The van der Waals surface area contributed by atoms with Gasteiger partial charge in [-0.3, -0.25) is 9.69 Å². The van der Waals surface area contributed by atoms with Gasteiger partial charge >= 0.3 is 0 Å². The van der Waals surface area contributed by atoms with Crippen LogP contribution in [0.25, 0.3) is 0 Å². The lowest BCUT2D eigenvalue weighted by Gasteiger charge is -2.37. The summed E-state index contributed by atoms with van der Waals surface area (Å²) in [5.41, 5.74) is 8.19. The van der Waals surface area contributed by atoms with Crippen LogP contribution in [0.15, 0.2) is 18.2 Å². The highest BCUT2D eigenvalue weighted by atomic mass is 16.3. The van der Waals surface area contributed by atoms with Gasteiger partial charge in [-0.25, -0.2) is 0 Å². The van der Waals surface area contributed by atoms with Crippen molar-refractivity contribution in [2.45, 2.75) is 39.3 Å². The summed E-state index contributed by atoms with van der Waals surface area (Å²) in [6.07, 6.45) is 0.462. The number of nitrogens with two attached hydrogens (primary N) is 1. The molecule has 1 aromatic carbocycles. The van der Waals surface area contributed by atoms with Gasteiger partial charge in [0, 0.05) is 24.5 Å². The molecule has 2 rings (SSSR count). The summed E-state index contributed by atoms with van der Waals surface area (Å²) < 4.78 is 0. The molecule has 1 amide bonds. The Morgan fingerprint density at radius 1 is 1.52 bits per heavy atom. The number of rotatable bonds is 3. The second kappa shape index (κ2) is 6.45. The smallest absolute Gasteiger partial charge is 0.241 e. The Kier molecular flexibility index (Phi) is 4.85. The minimum Gasteiger partial charge on any atom is -0.398 e. The largest absolute Gasteiger partial charge is 0.398 e. The molecule has 1 fully saturated rings. The van der Waals surface area contributed by atoms with Crippen LogP contribution in [0, 0.1) is 12.8 Å². The molecule has 1 saturated heterocycles. The summed E-state index contributed by atoms with van der Waals surface area (Å²) >= 11 is 0. The summed E-state index contributed by atoms with van der Waals surface area (Å²) in [6, 6.07) is 5.30. The number of piperidine rings is 1. The van der Waals surface area contributed by atoms with Crippen LogP contribution in [-0.2, 0) is 4.79 Å². The molecule has 0 bridgehead atoms. The van der Waals surface area contributed by atoms with Crippen molar-refractivity contribution in [3.8, 4) is 0 Å². The molecule has 3 unspecified atom stereocenters. The zero-order chi connectivity index (χ0) is 15.6. The van der Waals surface area contributed by atoms with E-state index in [1.807, 2.05) is 39.0 Å². The van der Waals surface area contributed by atoms with Crippen LogP contribution in [-0.4, -0.2) is 41.1 Å². The van der Waals surface area contributed by atoms with Gasteiger partial charge in [-0.05, 0) is 43.9 Å². The van der Waals surface area contributed by atoms with E-state index in [2.05, 4.69) is 10.2 Å². The molecule has 21 heavy (non-hydrogen) atoms. The minimum atomic E-state index is -0.257. The number of hydrogen-bond acceptors (Lipinski definition) is 4. The fourth-order valence-corrected chi connectivity index (χ4v) is 2.71. The van der Waals surface area contributed by atoms with Crippen molar-refractivity contribution in [2.75, 3.05) is 24.1 Å². The molecule has 116 valence electrons. The van der Waals surface area contributed by atoms with Crippen molar-refractivity contribution in [1.82, 2.24) is 4.90 Å². The highest BCUT2D eigenvalue weighted by molar-refractivity contribution is 5.95. The van der Waals surface area contributed by atoms with E-state index < -0.39 is 0 Å². The van der Waals surface area contributed by atoms with Gasteiger partial charge in [-0.2, -0.15) is 0 Å². The first-order valence-corrected chi connectivity index (χ1v) is 7.48. The number of carbonyl (C=O) groups excluding carboxylic acids is 1. The summed E-state index contributed by atoms with van der Waals surface area (Å²) in [7, 11) is 0. The highest BCUT2D eigenvalue weighted by Crippen LogP contribution is 2.22. The van der Waals surface area contributed by atoms with Gasteiger partial charge in [0.25, 0.3) is 0 Å². The third-order valence-electron chi connectivity index (χ3n) is 4.45. The number of nitrogens with one attached hydrogen (secondary N) is 1. The normalized spacial score (nSPS) is 24.6. The predicted molar refractivity (Wildman–Crippen MR) is 85.0 cm³/mol. The van der Waals surface area contributed by atoms with E-state index in [9.17, 15) is 9.90 Å². The Balaban J connectivity index is 2.01. The van der Waals surface area contributed by atoms with Crippen LogP contribution in [0.4, 0.5) is 11.4 Å². The van der Waals surface area contributed by atoms with E-state index in [0.29, 0.717) is 5.69 Å².